The zero-order chi connectivity index (χ0) is 20.7. The Bertz CT molecular complexity index is 685. The summed E-state index contributed by atoms with van der Waals surface area (Å²) in [6.07, 6.45) is 1.02. The van der Waals surface area contributed by atoms with Gasteiger partial charge in [0.25, 0.3) is 0 Å². The van der Waals surface area contributed by atoms with Crippen molar-refractivity contribution in [2.24, 2.45) is 5.41 Å². The Hall–Kier alpha value is -2.12. The first-order valence-corrected chi connectivity index (χ1v) is 9.91. The van der Waals surface area contributed by atoms with Crippen molar-refractivity contribution in [3.8, 4) is 5.75 Å². The number of hydrogen-bond donors (Lipinski definition) is 1. The summed E-state index contributed by atoms with van der Waals surface area (Å²) < 4.78 is 11.0. The lowest BCUT2D eigenvalue weighted by molar-refractivity contribution is -0.135. The normalized spacial score (nSPS) is 15.7. The molecule has 28 heavy (non-hydrogen) atoms. The molecule has 0 atom stereocenters. The molecule has 1 fully saturated rings. The highest BCUT2D eigenvalue weighted by atomic mass is 16.5. The Morgan fingerprint density at radius 1 is 1.25 bits per heavy atom. The smallest absolute Gasteiger partial charge is 0.311 e. The van der Waals surface area contributed by atoms with Gasteiger partial charge in [-0.15, -0.1) is 0 Å². The van der Waals surface area contributed by atoms with Crippen LogP contribution in [-0.2, 0) is 14.3 Å². The van der Waals surface area contributed by atoms with Crippen molar-refractivity contribution in [1.82, 2.24) is 4.90 Å². The van der Waals surface area contributed by atoms with Crippen LogP contribution in [0.25, 0.3) is 0 Å². The number of anilines is 2. The Balaban J connectivity index is 2.07. The van der Waals surface area contributed by atoms with Gasteiger partial charge < -0.3 is 20.1 Å². The number of carbonyl (C=O) groups is 2. The second-order valence-corrected chi connectivity index (χ2v) is 8.25. The highest BCUT2D eigenvalue weighted by Gasteiger charge is 2.28. The van der Waals surface area contributed by atoms with Gasteiger partial charge in [0.1, 0.15) is 0 Å². The number of rotatable bonds is 8. The number of nitrogen functional groups attached to an aromatic ring is 1. The minimum Gasteiger partial charge on any atom is -0.422 e. The molecule has 0 unspecified atom stereocenters. The molecule has 1 aliphatic heterocycles. The van der Waals surface area contributed by atoms with Gasteiger partial charge in [-0.1, -0.05) is 26.8 Å². The van der Waals surface area contributed by atoms with Gasteiger partial charge in [0, 0.05) is 32.7 Å². The molecule has 0 radical (unpaired) electrons. The molecule has 1 aliphatic rings. The Labute approximate surface area is 167 Å². The highest BCUT2D eigenvalue weighted by molar-refractivity contribution is 5.98. The zero-order valence-corrected chi connectivity index (χ0v) is 17.5. The maximum atomic E-state index is 12.7. The first kappa shape index (κ1) is 22.2. The molecule has 1 heterocycles. The second kappa shape index (κ2) is 9.89. The maximum Gasteiger partial charge on any atom is 0.311 e. The van der Waals surface area contributed by atoms with E-state index in [0.717, 1.165) is 13.1 Å². The fraction of sp³-hybridized carbons (Fsp3) is 0.619. The van der Waals surface area contributed by atoms with Gasteiger partial charge in [-0.05, 0) is 30.9 Å². The number of esters is 1. The summed E-state index contributed by atoms with van der Waals surface area (Å²) in [5.74, 6) is -0.102. The van der Waals surface area contributed by atoms with Crippen molar-refractivity contribution in [2.45, 2.75) is 40.5 Å². The van der Waals surface area contributed by atoms with Crippen molar-refractivity contribution >= 4 is 23.3 Å². The van der Waals surface area contributed by atoms with E-state index >= 15 is 0 Å². The van der Waals surface area contributed by atoms with Gasteiger partial charge in [0.05, 0.1) is 24.5 Å². The van der Waals surface area contributed by atoms with Crippen LogP contribution in [-0.4, -0.2) is 56.2 Å². The van der Waals surface area contributed by atoms with Crippen molar-refractivity contribution in [1.29, 1.82) is 0 Å². The third kappa shape index (κ3) is 6.49. The third-order valence-corrected chi connectivity index (χ3v) is 4.67. The minimum absolute atomic E-state index is 0.0396. The summed E-state index contributed by atoms with van der Waals surface area (Å²) in [6.45, 7) is 11.7. The average molecular weight is 392 g/mol. The molecule has 0 aromatic heterocycles. The standard InChI is InChI=1S/C21H33N3O4/c1-5-27-14-13-23-11-12-24(18(25)15-23)17-8-6-7-16(22)20(17)28-19(26)9-10-21(2,3)4/h6-8H,5,9-15,22H2,1-4H3. The Morgan fingerprint density at radius 2 is 2.00 bits per heavy atom. The third-order valence-electron chi connectivity index (χ3n) is 4.67. The number of nitrogens with zero attached hydrogens (tertiary/aromatic N) is 2. The molecular weight excluding hydrogens is 358 g/mol. The van der Waals surface area contributed by atoms with E-state index in [1.54, 1.807) is 23.1 Å². The van der Waals surface area contributed by atoms with Crippen LogP contribution in [0.1, 0.15) is 40.5 Å². The quantitative estimate of drug-likeness (QED) is 0.317. The van der Waals surface area contributed by atoms with Gasteiger partial charge in [-0.3, -0.25) is 14.5 Å². The predicted octanol–water partition coefficient (Wildman–Crippen LogP) is 2.69. The second-order valence-electron chi connectivity index (χ2n) is 8.25. The number of amides is 1. The molecule has 7 heteroatoms. The molecule has 156 valence electrons. The summed E-state index contributed by atoms with van der Waals surface area (Å²) in [6, 6.07) is 5.22. The molecule has 1 aromatic rings. The van der Waals surface area contributed by atoms with Crippen molar-refractivity contribution in [2.75, 3.05) is 50.0 Å². The van der Waals surface area contributed by atoms with Gasteiger partial charge in [0.2, 0.25) is 5.91 Å². The summed E-state index contributed by atoms with van der Waals surface area (Å²) >= 11 is 0. The summed E-state index contributed by atoms with van der Waals surface area (Å²) in [5, 5.41) is 0. The summed E-state index contributed by atoms with van der Waals surface area (Å²) in [4.78, 5) is 28.7. The van der Waals surface area contributed by atoms with Gasteiger partial charge in [0.15, 0.2) is 5.75 Å². The number of benzene rings is 1. The van der Waals surface area contributed by atoms with Gasteiger partial charge in [-0.2, -0.15) is 0 Å². The topological polar surface area (TPSA) is 85.1 Å². The lowest BCUT2D eigenvalue weighted by atomic mass is 9.91. The number of hydrogen-bond acceptors (Lipinski definition) is 6. The van der Waals surface area contributed by atoms with E-state index in [2.05, 4.69) is 25.7 Å². The van der Waals surface area contributed by atoms with Crippen molar-refractivity contribution in [3.63, 3.8) is 0 Å². The van der Waals surface area contributed by atoms with E-state index in [1.165, 1.54) is 0 Å². The average Bonchev–Trinajstić information content (AvgIpc) is 2.62. The van der Waals surface area contributed by atoms with E-state index in [4.69, 9.17) is 15.2 Å². The van der Waals surface area contributed by atoms with Crippen LogP contribution in [0.3, 0.4) is 0 Å². The van der Waals surface area contributed by atoms with Gasteiger partial charge in [-0.25, -0.2) is 0 Å². The van der Waals surface area contributed by atoms with Crippen LogP contribution in [0, 0.1) is 5.41 Å². The lowest BCUT2D eigenvalue weighted by Crippen LogP contribution is -2.51. The molecular formula is C21H33N3O4. The first-order chi connectivity index (χ1) is 13.2. The highest BCUT2D eigenvalue weighted by Crippen LogP contribution is 2.35. The first-order valence-electron chi connectivity index (χ1n) is 9.91. The number of ether oxygens (including phenoxy) is 2. The fourth-order valence-electron chi connectivity index (χ4n) is 3.01. The molecule has 0 spiro atoms. The van der Waals surface area contributed by atoms with Crippen LogP contribution in [0.4, 0.5) is 11.4 Å². The van der Waals surface area contributed by atoms with Crippen molar-refractivity contribution < 1.29 is 19.1 Å². The molecule has 0 bridgehead atoms. The van der Waals surface area contributed by atoms with E-state index in [1.807, 2.05) is 6.92 Å². The van der Waals surface area contributed by atoms with Gasteiger partial charge >= 0.3 is 5.97 Å². The SMILES string of the molecule is CCOCCN1CCN(c2cccc(N)c2OC(=O)CCC(C)(C)C)C(=O)C1. The van der Waals surface area contributed by atoms with E-state index in [0.29, 0.717) is 50.5 Å². The number of piperazine rings is 1. The molecule has 1 saturated heterocycles. The lowest BCUT2D eigenvalue weighted by Gasteiger charge is -2.35. The van der Waals surface area contributed by atoms with E-state index in [-0.39, 0.29) is 23.0 Å². The van der Waals surface area contributed by atoms with E-state index < -0.39 is 0 Å². The largest absolute Gasteiger partial charge is 0.422 e. The fourth-order valence-corrected chi connectivity index (χ4v) is 3.01. The zero-order valence-electron chi connectivity index (χ0n) is 17.5. The summed E-state index contributed by atoms with van der Waals surface area (Å²) in [7, 11) is 0. The molecule has 2 rings (SSSR count). The van der Waals surface area contributed by atoms with Crippen LogP contribution >= 0.6 is 0 Å². The number of nitrogens with two attached hydrogens (primary N) is 1. The molecule has 7 nitrogen and oxygen atoms in total. The maximum absolute atomic E-state index is 12.7. The molecule has 1 aromatic carbocycles. The molecule has 0 saturated carbocycles. The monoisotopic (exact) mass is 391 g/mol. The van der Waals surface area contributed by atoms with Crippen molar-refractivity contribution in [3.05, 3.63) is 18.2 Å². The van der Waals surface area contributed by atoms with Crippen LogP contribution in [0.15, 0.2) is 18.2 Å². The Morgan fingerprint density at radius 3 is 2.64 bits per heavy atom. The number of para-hydroxylation sites is 1. The molecule has 1 amide bonds. The Kier molecular flexibility index (Phi) is 7.83. The number of carbonyl (C=O) groups excluding carboxylic acids is 2. The van der Waals surface area contributed by atoms with E-state index in [9.17, 15) is 9.59 Å². The predicted molar refractivity (Wildman–Crippen MR) is 110 cm³/mol. The van der Waals surface area contributed by atoms with Crippen LogP contribution in [0.5, 0.6) is 5.75 Å². The summed E-state index contributed by atoms with van der Waals surface area (Å²) in [5.41, 5.74) is 7.02. The minimum atomic E-state index is -0.336. The molecule has 0 aliphatic carbocycles. The van der Waals surface area contributed by atoms with Crippen LogP contribution < -0.4 is 15.4 Å². The van der Waals surface area contributed by atoms with Crippen LogP contribution in [0.2, 0.25) is 0 Å². The molecule has 2 N–H and O–H groups in total.